The zero-order chi connectivity index (χ0) is 22.6. The molecule has 1 aliphatic heterocycles. The lowest BCUT2D eigenvalue weighted by molar-refractivity contribution is -0.147. The highest BCUT2D eigenvalue weighted by Gasteiger charge is 2.45. The maximum atomic E-state index is 13.7. The van der Waals surface area contributed by atoms with Crippen molar-refractivity contribution in [1.82, 2.24) is 14.8 Å². The van der Waals surface area contributed by atoms with Gasteiger partial charge in [0.2, 0.25) is 5.91 Å². The first kappa shape index (κ1) is 25.4. The Kier molecular flexibility index (Phi) is 8.46. The van der Waals surface area contributed by atoms with Gasteiger partial charge in [0.25, 0.3) is 0 Å². The second-order valence-corrected chi connectivity index (χ2v) is 8.15. The van der Waals surface area contributed by atoms with Crippen molar-refractivity contribution in [1.29, 1.82) is 0 Å². The number of rotatable bonds is 6. The monoisotopic (exact) mass is 463 g/mol. The average molecular weight is 464 g/mol. The third-order valence-electron chi connectivity index (χ3n) is 5.55. The molecule has 0 aliphatic carbocycles. The van der Waals surface area contributed by atoms with Crippen molar-refractivity contribution in [3.8, 4) is 5.75 Å². The molecule has 1 aromatic carbocycles. The number of phenolic OH excluding ortho intramolecular Hbond substituents is 1. The third kappa shape index (κ3) is 5.89. The van der Waals surface area contributed by atoms with Gasteiger partial charge in [-0.15, -0.1) is 12.4 Å². The molecule has 174 valence electrons. The minimum Gasteiger partial charge on any atom is -0.508 e. The van der Waals surface area contributed by atoms with E-state index in [1.165, 1.54) is 17.0 Å². The molecule has 2 aromatic rings. The molecule has 8 nitrogen and oxygen atoms in total. The number of amides is 2. The maximum absolute atomic E-state index is 13.7. The van der Waals surface area contributed by atoms with Crippen LogP contribution < -0.4 is 0 Å². The average Bonchev–Trinajstić information content (AvgIpc) is 2.73. The summed E-state index contributed by atoms with van der Waals surface area (Å²) in [6, 6.07) is 10.2. The van der Waals surface area contributed by atoms with E-state index in [0.29, 0.717) is 26.3 Å². The number of nitrogens with zero attached hydrogens (tertiary/aromatic N) is 3. The fourth-order valence-electron chi connectivity index (χ4n) is 4.05. The molecule has 0 saturated carbocycles. The molecule has 2 heterocycles. The van der Waals surface area contributed by atoms with Crippen LogP contribution >= 0.6 is 12.4 Å². The number of carbonyl (C=O) groups is 2. The largest absolute Gasteiger partial charge is 0.508 e. The van der Waals surface area contributed by atoms with Gasteiger partial charge in [0.1, 0.15) is 11.3 Å². The van der Waals surface area contributed by atoms with Gasteiger partial charge in [0, 0.05) is 30.9 Å². The fraction of sp³-hybridized carbons (Fsp3) is 0.435. The van der Waals surface area contributed by atoms with E-state index in [2.05, 4.69) is 4.98 Å². The van der Waals surface area contributed by atoms with Gasteiger partial charge in [0.15, 0.2) is 0 Å². The highest BCUT2D eigenvalue weighted by molar-refractivity contribution is 5.90. The summed E-state index contributed by atoms with van der Waals surface area (Å²) in [6.45, 7) is 7.15. The van der Waals surface area contributed by atoms with Gasteiger partial charge >= 0.3 is 6.09 Å². The van der Waals surface area contributed by atoms with Crippen molar-refractivity contribution in [3.63, 3.8) is 0 Å². The van der Waals surface area contributed by atoms with Crippen molar-refractivity contribution in [2.24, 2.45) is 0 Å². The standard InChI is InChI=1S/C23H29N3O5.ClH/c1-16-12-19(13-17(2)24-16)15-26(22(29)30)23(3,14-18-4-6-20(27)7-5-18)21(28)25-8-10-31-11-9-25;/h4-7,12-13,27H,8-11,14-15H2,1-3H3,(H,29,30);1H/t23-;/m0./s1. The van der Waals surface area contributed by atoms with Gasteiger partial charge in [0.05, 0.1) is 19.8 Å². The summed E-state index contributed by atoms with van der Waals surface area (Å²) in [7, 11) is 0. The first-order valence-corrected chi connectivity index (χ1v) is 10.3. The van der Waals surface area contributed by atoms with Crippen LogP contribution in [-0.2, 0) is 22.5 Å². The Balaban J connectivity index is 0.00000363. The lowest BCUT2D eigenvalue weighted by atomic mass is 9.88. The van der Waals surface area contributed by atoms with Gasteiger partial charge in [-0.2, -0.15) is 0 Å². The number of morpholine rings is 1. The van der Waals surface area contributed by atoms with Crippen LogP contribution in [0.4, 0.5) is 4.79 Å². The fourth-order valence-corrected chi connectivity index (χ4v) is 4.05. The number of pyridine rings is 1. The SMILES string of the molecule is Cc1cc(CN(C(=O)O)[C@@](C)(Cc2ccc(O)cc2)C(=O)N2CCOCC2)cc(C)n1.Cl. The quantitative estimate of drug-likeness (QED) is 0.682. The zero-order valence-corrected chi connectivity index (χ0v) is 19.4. The van der Waals surface area contributed by atoms with Crippen LogP contribution in [-0.4, -0.2) is 68.8 Å². The summed E-state index contributed by atoms with van der Waals surface area (Å²) < 4.78 is 5.37. The molecule has 3 rings (SSSR count). The van der Waals surface area contributed by atoms with Crippen LogP contribution in [0.5, 0.6) is 5.75 Å². The van der Waals surface area contributed by atoms with Gasteiger partial charge in [-0.05, 0) is 56.2 Å². The number of hydrogen-bond acceptors (Lipinski definition) is 5. The normalized spacial score (nSPS) is 15.4. The molecule has 1 fully saturated rings. The van der Waals surface area contributed by atoms with Crippen molar-refractivity contribution >= 4 is 24.4 Å². The van der Waals surface area contributed by atoms with Crippen molar-refractivity contribution in [2.45, 2.75) is 39.3 Å². The number of hydrogen-bond donors (Lipinski definition) is 2. The molecule has 9 heteroatoms. The van der Waals surface area contributed by atoms with Crippen LogP contribution in [0.15, 0.2) is 36.4 Å². The van der Waals surface area contributed by atoms with E-state index in [1.807, 2.05) is 26.0 Å². The van der Waals surface area contributed by atoms with E-state index < -0.39 is 11.6 Å². The second kappa shape index (κ2) is 10.7. The first-order valence-electron chi connectivity index (χ1n) is 10.3. The summed E-state index contributed by atoms with van der Waals surface area (Å²) in [4.78, 5) is 33.3. The lowest BCUT2D eigenvalue weighted by Gasteiger charge is -2.42. The summed E-state index contributed by atoms with van der Waals surface area (Å²) in [5.41, 5.74) is 1.78. The van der Waals surface area contributed by atoms with E-state index in [-0.39, 0.29) is 37.0 Å². The third-order valence-corrected chi connectivity index (χ3v) is 5.55. The molecule has 2 amide bonds. The van der Waals surface area contributed by atoms with E-state index in [0.717, 1.165) is 22.5 Å². The van der Waals surface area contributed by atoms with Crippen LogP contribution in [0.3, 0.4) is 0 Å². The zero-order valence-electron chi connectivity index (χ0n) is 18.6. The molecule has 2 N–H and O–H groups in total. The van der Waals surface area contributed by atoms with E-state index in [1.54, 1.807) is 24.0 Å². The molecule has 0 unspecified atom stereocenters. The molecule has 0 spiro atoms. The number of ether oxygens (including phenoxy) is 1. The lowest BCUT2D eigenvalue weighted by Crippen LogP contribution is -2.61. The molecule has 1 saturated heterocycles. The van der Waals surface area contributed by atoms with Crippen molar-refractivity contribution in [2.75, 3.05) is 26.3 Å². The Morgan fingerprint density at radius 3 is 2.19 bits per heavy atom. The van der Waals surface area contributed by atoms with Crippen LogP contribution in [0.2, 0.25) is 0 Å². The predicted molar refractivity (Wildman–Crippen MR) is 122 cm³/mol. The maximum Gasteiger partial charge on any atom is 0.408 e. The molecule has 0 radical (unpaired) electrons. The summed E-state index contributed by atoms with van der Waals surface area (Å²) >= 11 is 0. The van der Waals surface area contributed by atoms with Crippen molar-refractivity contribution < 1.29 is 24.5 Å². The van der Waals surface area contributed by atoms with Crippen LogP contribution in [0.1, 0.15) is 29.4 Å². The number of phenols is 1. The highest BCUT2D eigenvalue weighted by atomic mass is 35.5. The minimum absolute atomic E-state index is 0. The Morgan fingerprint density at radius 1 is 1.09 bits per heavy atom. The second-order valence-electron chi connectivity index (χ2n) is 8.15. The molecule has 1 atom stereocenters. The number of halogens is 1. The summed E-state index contributed by atoms with van der Waals surface area (Å²) in [6.07, 6.45) is -0.992. The van der Waals surface area contributed by atoms with Crippen LogP contribution in [0.25, 0.3) is 0 Å². The number of carboxylic acid groups (broad SMARTS) is 1. The molecule has 32 heavy (non-hydrogen) atoms. The first-order chi connectivity index (χ1) is 14.7. The van der Waals surface area contributed by atoms with Gasteiger partial charge < -0.3 is 19.8 Å². The molecular formula is C23H30ClN3O5. The number of benzene rings is 1. The van der Waals surface area contributed by atoms with E-state index in [4.69, 9.17) is 4.74 Å². The Hall–Kier alpha value is -2.84. The topological polar surface area (TPSA) is 103 Å². The smallest absolute Gasteiger partial charge is 0.408 e. The number of aromatic hydroxyl groups is 1. The Labute approximate surface area is 194 Å². The van der Waals surface area contributed by atoms with Gasteiger partial charge in [-0.25, -0.2) is 4.79 Å². The summed E-state index contributed by atoms with van der Waals surface area (Å²) in [5.74, 6) is -0.142. The predicted octanol–water partition coefficient (Wildman–Crippen LogP) is 3.17. The Bertz CT molecular complexity index is 927. The Morgan fingerprint density at radius 2 is 1.66 bits per heavy atom. The van der Waals surface area contributed by atoms with Gasteiger partial charge in [-0.3, -0.25) is 14.7 Å². The van der Waals surface area contributed by atoms with Gasteiger partial charge in [-0.1, -0.05) is 12.1 Å². The number of carbonyl (C=O) groups excluding carboxylic acids is 1. The molecular weight excluding hydrogens is 434 g/mol. The number of aryl methyl sites for hydroxylation is 2. The molecule has 1 aliphatic rings. The minimum atomic E-state index is -1.34. The number of aromatic nitrogens is 1. The van der Waals surface area contributed by atoms with Crippen molar-refractivity contribution in [3.05, 3.63) is 58.9 Å². The summed E-state index contributed by atoms with van der Waals surface area (Å²) in [5, 5.41) is 19.8. The van der Waals surface area contributed by atoms with E-state index >= 15 is 0 Å². The molecule has 1 aromatic heterocycles. The van der Waals surface area contributed by atoms with E-state index in [9.17, 15) is 19.8 Å². The highest BCUT2D eigenvalue weighted by Crippen LogP contribution is 2.28. The molecule has 0 bridgehead atoms. The van der Waals surface area contributed by atoms with Crippen LogP contribution in [0, 0.1) is 13.8 Å².